The standard InChI is InChI=1S/C12H18N2O2S/c15-9-13-11(10-3-7-17-8-4-10)12(16)14-5-1-2-6-14/h9H,1-8H2,(H,13,15). The van der Waals surface area contributed by atoms with Gasteiger partial charge < -0.3 is 10.2 Å². The Labute approximate surface area is 106 Å². The number of rotatable bonds is 3. The quantitative estimate of drug-likeness (QED) is 0.607. The van der Waals surface area contributed by atoms with E-state index in [0.717, 1.165) is 55.9 Å². The first-order valence-corrected chi connectivity index (χ1v) is 7.27. The van der Waals surface area contributed by atoms with E-state index in [9.17, 15) is 9.59 Å². The summed E-state index contributed by atoms with van der Waals surface area (Å²) in [5.41, 5.74) is 1.66. The first-order valence-electron chi connectivity index (χ1n) is 6.12. The molecular weight excluding hydrogens is 236 g/mol. The summed E-state index contributed by atoms with van der Waals surface area (Å²) >= 11 is 1.90. The summed E-state index contributed by atoms with van der Waals surface area (Å²) < 4.78 is 0. The third kappa shape index (κ3) is 3.03. The van der Waals surface area contributed by atoms with Crippen molar-refractivity contribution in [1.82, 2.24) is 10.2 Å². The van der Waals surface area contributed by atoms with Gasteiger partial charge in [-0.1, -0.05) is 0 Å². The molecule has 2 amide bonds. The van der Waals surface area contributed by atoms with Crippen LogP contribution in [0.4, 0.5) is 0 Å². The van der Waals surface area contributed by atoms with Gasteiger partial charge in [0.05, 0.1) is 0 Å². The fraction of sp³-hybridized carbons (Fsp3) is 0.667. The van der Waals surface area contributed by atoms with Crippen LogP contribution in [0.2, 0.25) is 0 Å². The summed E-state index contributed by atoms with van der Waals surface area (Å²) in [6.07, 6.45) is 4.61. The molecule has 2 fully saturated rings. The van der Waals surface area contributed by atoms with E-state index in [2.05, 4.69) is 5.32 Å². The molecule has 0 radical (unpaired) electrons. The lowest BCUT2D eigenvalue weighted by Crippen LogP contribution is -2.35. The number of nitrogens with zero attached hydrogens (tertiary/aromatic N) is 1. The van der Waals surface area contributed by atoms with Crippen molar-refractivity contribution in [2.75, 3.05) is 24.6 Å². The van der Waals surface area contributed by atoms with Gasteiger partial charge in [0.25, 0.3) is 5.91 Å². The van der Waals surface area contributed by atoms with Gasteiger partial charge >= 0.3 is 0 Å². The predicted octanol–water partition coefficient (Wildman–Crippen LogP) is 1.14. The maximum absolute atomic E-state index is 12.3. The molecule has 0 unspecified atom stereocenters. The first kappa shape index (κ1) is 12.5. The van der Waals surface area contributed by atoms with Crippen LogP contribution < -0.4 is 5.32 Å². The fourth-order valence-corrected chi connectivity index (χ4v) is 3.31. The molecule has 2 aliphatic rings. The van der Waals surface area contributed by atoms with Crippen LogP contribution in [-0.4, -0.2) is 41.8 Å². The number of nitrogens with one attached hydrogen (secondary N) is 1. The van der Waals surface area contributed by atoms with E-state index in [-0.39, 0.29) is 5.91 Å². The highest BCUT2D eigenvalue weighted by Gasteiger charge is 2.24. The van der Waals surface area contributed by atoms with Crippen molar-refractivity contribution in [2.24, 2.45) is 0 Å². The minimum atomic E-state index is 0.0106. The summed E-state index contributed by atoms with van der Waals surface area (Å²) in [4.78, 5) is 24.8. The summed E-state index contributed by atoms with van der Waals surface area (Å²) in [7, 11) is 0. The Morgan fingerprint density at radius 3 is 2.47 bits per heavy atom. The molecule has 0 aromatic heterocycles. The predicted molar refractivity (Wildman–Crippen MR) is 68.6 cm³/mol. The Morgan fingerprint density at radius 1 is 1.24 bits per heavy atom. The molecular formula is C12H18N2O2S. The number of thioether (sulfide) groups is 1. The van der Waals surface area contributed by atoms with Gasteiger partial charge in [0.1, 0.15) is 5.70 Å². The van der Waals surface area contributed by atoms with Gasteiger partial charge in [0.15, 0.2) is 0 Å². The Morgan fingerprint density at radius 2 is 1.88 bits per heavy atom. The monoisotopic (exact) mass is 254 g/mol. The first-order chi connectivity index (χ1) is 8.33. The van der Waals surface area contributed by atoms with Crippen molar-refractivity contribution in [3.8, 4) is 0 Å². The molecule has 2 rings (SSSR count). The van der Waals surface area contributed by atoms with E-state index >= 15 is 0 Å². The highest BCUT2D eigenvalue weighted by atomic mass is 32.2. The molecule has 5 heteroatoms. The van der Waals surface area contributed by atoms with Crippen LogP contribution in [0, 0.1) is 0 Å². The molecule has 0 atom stereocenters. The van der Waals surface area contributed by atoms with Gasteiger partial charge in [-0.25, -0.2) is 0 Å². The van der Waals surface area contributed by atoms with E-state index < -0.39 is 0 Å². The Bertz CT molecular complexity index is 327. The van der Waals surface area contributed by atoms with Crippen LogP contribution in [0.1, 0.15) is 25.7 Å². The van der Waals surface area contributed by atoms with E-state index in [4.69, 9.17) is 0 Å². The molecule has 17 heavy (non-hydrogen) atoms. The van der Waals surface area contributed by atoms with Crippen LogP contribution in [0.5, 0.6) is 0 Å². The van der Waals surface area contributed by atoms with E-state index in [0.29, 0.717) is 12.1 Å². The van der Waals surface area contributed by atoms with Crippen LogP contribution in [0.15, 0.2) is 11.3 Å². The number of hydrogen-bond donors (Lipinski definition) is 1. The molecule has 94 valence electrons. The second kappa shape index (κ2) is 6.10. The average molecular weight is 254 g/mol. The number of hydrogen-bond acceptors (Lipinski definition) is 3. The average Bonchev–Trinajstić information content (AvgIpc) is 2.90. The van der Waals surface area contributed by atoms with E-state index in [1.54, 1.807) is 0 Å². The van der Waals surface area contributed by atoms with Gasteiger partial charge in [0.2, 0.25) is 6.41 Å². The molecule has 2 aliphatic heterocycles. The highest BCUT2D eigenvalue weighted by molar-refractivity contribution is 7.99. The third-order valence-electron chi connectivity index (χ3n) is 3.26. The van der Waals surface area contributed by atoms with Gasteiger partial charge in [-0.3, -0.25) is 9.59 Å². The number of carbonyl (C=O) groups is 2. The minimum Gasteiger partial charge on any atom is -0.337 e. The van der Waals surface area contributed by atoms with Crippen molar-refractivity contribution in [3.05, 3.63) is 11.3 Å². The van der Waals surface area contributed by atoms with Crippen LogP contribution in [0.3, 0.4) is 0 Å². The van der Waals surface area contributed by atoms with E-state index in [1.165, 1.54) is 0 Å². The van der Waals surface area contributed by atoms with Gasteiger partial charge in [0, 0.05) is 13.1 Å². The fourth-order valence-electron chi connectivity index (χ4n) is 2.32. The van der Waals surface area contributed by atoms with Crippen LogP contribution in [-0.2, 0) is 9.59 Å². The zero-order valence-corrected chi connectivity index (χ0v) is 10.7. The molecule has 0 spiro atoms. The summed E-state index contributed by atoms with van der Waals surface area (Å²) in [5, 5.41) is 2.63. The largest absolute Gasteiger partial charge is 0.337 e. The minimum absolute atomic E-state index is 0.0106. The lowest BCUT2D eigenvalue weighted by atomic mass is 10.1. The number of likely N-dealkylation sites (tertiary alicyclic amines) is 1. The summed E-state index contributed by atoms with van der Waals surface area (Å²) in [6, 6.07) is 0. The molecule has 4 nitrogen and oxygen atoms in total. The lowest BCUT2D eigenvalue weighted by molar-refractivity contribution is -0.127. The summed E-state index contributed by atoms with van der Waals surface area (Å²) in [6.45, 7) is 1.65. The zero-order chi connectivity index (χ0) is 12.1. The summed E-state index contributed by atoms with van der Waals surface area (Å²) in [5.74, 6) is 2.11. The van der Waals surface area contributed by atoms with Crippen molar-refractivity contribution < 1.29 is 9.59 Å². The Kier molecular flexibility index (Phi) is 4.48. The Hall–Kier alpha value is -0.970. The van der Waals surface area contributed by atoms with Crippen molar-refractivity contribution in [1.29, 1.82) is 0 Å². The molecule has 0 aromatic carbocycles. The molecule has 2 saturated heterocycles. The molecule has 0 saturated carbocycles. The smallest absolute Gasteiger partial charge is 0.270 e. The SMILES string of the molecule is O=CNC(C(=O)N1CCCC1)=C1CCSCC1. The second-order valence-corrected chi connectivity index (χ2v) is 5.58. The second-order valence-electron chi connectivity index (χ2n) is 4.35. The number of allylic oxidation sites excluding steroid dienone is 1. The molecule has 1 N–H and O–H groups in total. The topological polar surface area (TPSA) is 49.4 Å². The molecule has 0 aromatic rings. The van der Waals surface area contributed by atoms with Crippen LogP contribution >= 0.6 is 11.8 Å². The normalized spacial score (nSPS) is 20.2. The Balaban J connectivity index is 2.14. The van der Waals surface area contributed by atoms with Crippen molar-refractivity contribution >= 4 is 24.1 Å². The molecule has 0 bridgehead atoms. The third-order valence-corrected chi connectivity index (χ3v) is 4.25. The number of carbonyl (C=O) groups excluding carboxylic acids is 2. The maximum atomic E-state index is 12.3. The zero-order valence-electron chi connectivity index (χ0n) is 9.91. The van der Waals surface area contributed by atoms with Crippen LogP contribution in [0.25, 0.3) is 0 Å². The van der Waals surface area contributed by atoms with Gasteiger partial charge in [-0.2, -0.15) is 11.8 Å². The molecule has 2 heterocycles. The lowest BCUT2D eigenvalue weighted by Gasteiger charge is -2.22. The van der Waals surface area contributed by atoms with Crippen molar-refractivity contribution in [2.45, 2.75) is 25.7 Å². The van der Waals surface area contributed by atoms with E-state index in [1.807, 2.05) is 16.7 Å². The molecule has 0 aliphatic carbocycles. The van der Waals surface area contributed by atoms with Crippen molar-refractivity contribution in [3.63, 3.8) is 0 Å². The van der Waals surface area contributed by atoms with Gasteiger partial charge in [-0.05, 0) is 42.8 Å². The highest BCUT2D eigenvalue weighted by Crippen LogP contribution is 2.25. The number of amides is 2. The van der Waals surface area contributed by atoms with Gasteiger partial charge in [-0.15, -0.1) is 0 Å². The maximum Gasteiger partial charge on any atom is 0.270 e.